The highest BCUT2D eigenvalue weighted by molar-refractivity contribution is 5.89. The number of likely N-dealkylation sites (tertiary alicyclic amines) is 1. The molecule has 2 heterocycles. The molecule has 0 radical (unpaired) electrons. The van der Waals surface area contributed by atoms with Gasteiger partial charge in [-0.15, -0.1) is 0 Å². The van der Waals surface area contributed by atoms with E-state index in [9.17, 15) is 4.79 Å². The molecule has 0 aromatic rings. The van der Waals surface area contributed by atoms with E-state index in [-0.39, 0.29) is 11.7 Å². The zero-order valence-corrected chi connectivity index (χ0v) is 13.9. The van der Waals surface area contributed by atoms with Gasteiger partial charge in [0.2, 0.25) is 5.91 Å². The van der Waals surface area contributed by atoms with Gasteiger partial charge in [-0.05, 0) is 46.1 Å². The maximum Gasteiger partial charge on any atom is 0.244 e. The summed E-state index contributed by atoms with van der Waals surface area (Å²) in [4.78, 5) is 17.8. The largest absolute Gasteiger partial charge is 0.322 e. The van der Waals surface area contributed by atoms with E-state index >= 15 is 0 Å². The predicted molar refractivity (Wildman–Crippen MR) is 85.0 cm³/mol. The second-order valence-corrected chi connectivity index (χ2v) is 7.46. The van der Waals surface area contributed by atoms with Crippen LogP contribution in [-0.2, 0) is 4.79 Å². The zero-order valence-electron chi connectivity index (χ0n) is 13.9. The van der Waals surface area contributed by atoms with Gasteiger partial charge in [0.05, 0.1) is 11.7 Å². The van der Waals surface area contributed by atoms with E-state index in [1.807, 2.05) is 0 Å². The fourth-order valence-corrected chi connectivity index (χ4v) is 4.60. The number of nitrogens with one attached hydrogen (secondary N) is 1. The van der Waals surface area contributed by atoms with Crippen molar-refractivity contribution in [2.24, 2.45) is 0 Å². The van der Waals surface area contributed by atoms with Gasteiger partial charge in [-0.1, -0.05) is 26.2 Å². The molecule has 1 spiro atoms. The van der Waals surface area contributed by atoms with Crippen LogP contribution < -0.4 is 5.32 Å². The monoisotopic (exact) mass is 293 g/mol. The fraction of sp³-hybridized carbons (Fsp3) is 0.941. The van der Waals surface area contributed by atoms with Crippen molar-refractivity contribution in [1.82, 2.24) is 15.1 Å². The van der Waals surface area contributed by atoms with Gasteiger partial charge in [-0.3, -0.25) is 10.1 Å². The Morgan fingerprint density at radius 1 is 1.33 bits per heavy atom. The van der Waals surface area contributed by atoms with E-state index in [1.54, 1.807) is 0 Å². The molecule has 0 aromatic heterocycles. The minimum absolute atomic E-state index is 0.202. The summed E-state index contributed by atoms with van der Waals surface area (Å²) in [5.41, 5.74) is -0.202. The van der Waals surface area contributed by atoms with E-state index in [0.29, 0.717) is 18.0 Å². The second-order valence-electron chi connectivity index (χ2n) is 7.46. The normalized spacial score (nSPS) is 36.8. The topological polar surface area (TPSA) is 35.6 Å². The highest BCUT2D eigenvalue weighted by Gasteiger charge is 2.53. The lowest BCUT2D eigenvalue weighted by atomic mass is 9.94. The number of amides is 1. The Morgan fingerprint density at radius 2 is 2.05 bits per heavy atom. The molecule has 1 saturated carbocycles. The molecule has 3 fully saturated rings. The highest BCUT2D eigenvalue weighted by atomic mass is 16.2. The van der Waals surface area contributed by atoms with E-state index in [1.165, 1.54) is 12.8 Å². The molecule has 3 aliphatic rings. The Kier molecular flexibility index (Phi) is 4.28. The molecule has 4 heteroatoms. The molecule has 1 amide bonds. The predicted octanol–water partition coefficient (Wildman–Crippen LogP) is 2.34. The summed E-state index contributed by atoms with van der Waals surface area (Å²) in [6.45, 7) is 5.63. The van der Waals surface area contributed by atoms with Crippen molar-refractivity contribution < 1.29 is 4.79 Å². The summed E-state index contributed by atoms with van der Waals surface area (Å²) in [6, 6.07) is 1.02. The summed E-state index contributed by atoms with van der Waals surface area (Å²) in [5, 5.41) is 3.75. The van der Waals surface area contributed by atoms with Crippen molar-refractivity contribution in [3.63, 3.8) is 0 Å². The SMILES string of the molecule is CCCC1NC2(CCCC2)C(=O)N1C1CCN(C)C(C)C1. The van der Waals surface area contributed by atoms with Crippen molar-refractivity contribution in [2.75, 3.05) is 13.6 Å². The molecule has 0 aromatic carbocycles. The molecule has 4 nitrogen and oxygen atoms in total. The second kappa shape index (κ2) is 5.88. The average molecular weight is 293 g/mol. The molecule has 3 atom stereocenters. The Balaban J connectivity index is 1.79. The Labute approximate surface area is 129 Å². The maximum absolute atomic E-state index is 13.2. The number of nitrogens with zero attached hydrogens (tertiary/aromatic N) is 2. The van der Waals surface area contributed by atoms with E-state index in [0.717, 1.165) is 45.1 Å². The smallest absolute Gasteiger partial charge is 0.244 e. The van der Waals surface area contributed by atoms with Crippen LogP contribution in [0, 0.1) is 0 Å². The summed E-state index contributed by atoms with van der Waals surface area (Å²) >= 11 is 0. The van der Waals surface area contributed by atoms with Crippen LogP contribution >= 0.6 is 0 Å². The molecular formula is C17H31N3O. The number of rotatable bonds is 3. The van der Waals surface area contributed by atoms with Crippen LogP contribution in [0.5, 0.6) is 0 Å². The summed E-state index contributed by atoms with van der Waals surface area (Å²) in [7, 11) is 2.20. The van der Waals surface area contributed by atoms with Gasteiger partial charge in [0.25, 0.3) is 0 Å². The Bertz CT molecular complexity index is 391. The van der Waals surface area contributed by atoms with Gasteiger partial charge in [-0.2, -0.15) is 0 Å². The first-order valence-electron chi connectivity index (χ1n) is 8.88. The number of hydrogen-bond donors (Lipinski definition) is 1. The third kappa shape index (κ3) is 2.61. The van der Waals surface area contributed by atoms with Gasteiger partial charge in [0, 0.05) is 18.6 Å². The molecule has 1 aliphatic carbocycles. The van der Waals surface area contributed by atoms with Crippen LogP contribution in [0.1, 0.15) is 65.2 Å². The van der Waals surface area contributed by atoms with Gasteiger partial charge in [0.15, 0.2) is 0 Å². The molecule has 3 unspecified atom stereocenters. The lowest BCUT2D eigenvalue weighted by molar-refractivity contribution is -0.136. The molecule has 0 bridgehead atoms. The molecule has 1 N–H and O–H groups in total. The first-order chi connectivity index (χ1) is 10.1. The summed E-state index contributed by atoms with van der Waals surface area (Å²) < 4.78 is 0. The van der Waals surface area contributed by atoms with Crippen molar-refractivity contribution in [3.05, 3.63) is 0 Å². The van der Waals surface area contributed by atoms with E-state index in [4.69, 9.17) is 0 Å². The van der Waals surface area contributed by atoms with Crippen LogP contribution in [0.2, 0.25) is 0 Å². The Morgan fingerprint density at radius 3 is 2.67 bits per heavy atom. The van der Waals surface area contributed by atoms with Crippen molar-refractivity contribution >= 4 is 5.91 Å². The number of carbonyl (C=O) groups is 1. The minimum Gasteiger partial charge on any atom is -0.322 e. The lowest BCUT2D eigenvalue weighted by Crippen LogP contribution is -2.52. The van der Waals surface area contributed by atoms with Crippen LogP contribution in [0.4, 0.5) is 0 Å². The van der Waals surface area contributed by atoms with Crippen LogP contribution in [0.3, 0.4) is 0 Å². The third-order valence-corrected chi connectivity index (χ3v) is 6.02. The van der Waals surface area contributed by atoms with Gasteiger partial charge >= 0.3 is 0 Å². The third-order valence-electron chi connectivity index (χ3n) is 6.02. The molecule has 2 saturated heterocycles. The summed E-state index contributed by atoms with van der Waals surface area (Å²) in [5.74, 6) is 0.417. The minimum atomic E-state index is -0.202. The molecule has 2 aliphatic heterocycles. The molecular weight excluding hydrogens is 262 g/mol. The van der Waals surface area contributed by atoms with Gasteiger partial charge in [-0.25, -0.2) is 0 Å². The zero-order chi connectivity index (χ0) is 15.0. The quantitative estimate of drug-likeness (QED) is 0.867. The standard InChI is InChI=1S/C17H31N3O/c1-4-7-15-18-17(9-5-6-10-17)16(21)20(15)14-8-11-19(3)13(2)12-14/h13-15,18H,4-12H2,1-3H3. The number of piperidine rings is 1. The van der Waals surface area contributed by atoms with E-state index < -0.39 is 0 Å². The van der Waals surface area contributed by atoms with Crippen molar-refractivity contribution in [1.29, 1.82) is 0 Å². The maximum atomic E-state index is 13.2. The van der Waals surface area contributed by atoms with Crippen LogP contribution in [0.15, 0.2) is 0 Å². The van der Waals surface area contributed by atoms with Crippen LogP contribution in [0.25, 0.3) is 0 Å². The van der Waals surface area contributed by atoms with E-state index in [2.05, 4.69) is 36.0 Å². The fourth-order valence-electron chi connectivity index (χ4n) is 4.60. The first-order valence-corrected chi connectivity index (χ1v) is 8.88. The average Bonchev–Trinajstić information content (AvgIpc) is 3.02. The van der Waals surface area contributed by atoms with Crippen molar-refractivity contribution in [2.45, 2.75) is 89.0 Å². The number of carbonyl (C=O) groups excluding carboxylic acids is 1. The highest BCUT2D eigenvalue weighted by Crippen LogP contribution is 2.39. The lowest BCUT2D eigenvalue weighted by Gasteiger charge is -2.41. The van der Waals surface area contributed by atoms with Crippen molar-refractivity contribution in [3.8, 4) is 0 Å². The first kappa shape index (κ1) is 15.3. The van der Waals surface area contributed by atoms with Gasteiger partial charge < -0.3 is 9.80 Å². The molecule has 3 rings (SSSR count). The Hall–Kier alpha value is -0.610. The van der Waals surface area contributed by atoms with Gasteiger partial charge in [0.1, 0.15) is 0 Å². The molecule has 21 heavy (non-hydrogen) atoms. The summed E-state index contributed by atoms with van der Waals surface area (Å²) in [6.07, 6.45) is 9.26. The molecule has 120 valence electrons. The number of hydrogen-bond acceptors (Lipinski definition) is 3. The van der Waals surface area contributed by atoms with Crippen LogP contribution in [-0.4, -0.2) is 53.1 Å².